The second kappa shape index (κ2) is 4.94. The van der Waals surface area contributed by atoms with Crippen LogP contribution in [0.2, 0.25) is 0 Å². The van der Waals surface area contributed by atoms with Crippen LogP contribution < -0.4 is 5.32 Å². The lowest BCUT2D eigenvalue weighted by Gasteiger charge is -2.36. The van der Waals surface area contributed by atoms with Crippen molar-refractivity contribution >= 4 is 0 Å². The fraction of sp³-hybridized carbons (Fsp3) is 0.400. The Hall–Kier alpha value is -1.61. The van der Waals surface area contributed by atoms with Crippen molar-refractivity contribution in [2.24, 2.45) is 0 Å². The van der Waals surface area contributed by atoms with Gasteiger partial charge in [0.15, 0.2) is 0 Å². The fourth-order valence-electron chi connectivity index (χ4n) is 2.56. The zero-order valence-corrected chi connectivity index (χ0v) is 10.6. The Labute approximate surface area is 107 Å². The standard InChI is InChI=1S/C15H18N2O/c1-11-3-2-4-12(7-11)13-8-14(9-13)16-10-15-5-6-17-18-15/h2-7,13-14,16H,8-10H2,1H3. The average molecular weight is 242 g/mol. The number of benzene rings is 1. The van der Waals surface area contributed by atoms with Crippen molar-refractivity contribution in [3.05, 3.63) is 53.4 Å². The average Bonchev–Trinajstić information content (AvgIpc) is 2.80. The van der Waals surface area contributed by atoms with E-state index >= 15 is 0 Å². The molecule has 1 aromatic heterocycles. The van der Waals surface area contributed by atoms with E-state index in [0.717, 1.165) is 18.2 Å². The van der Waals surface area contributed by atoms with E-state index in [4.69, 9.17) is 4.52 Å². The normalized spacial score (nSPS) is 22.7. The smallest absolute Gasteiger partial charge is 0.150 e. The molecule has 0 atom stereocenters. The summed E-state index contributed by atoms with van der Waals surface area (Å²) in [7, 11) is 0. The Kier molecular flexibility index (Phi) is 3.15. The van der Waals surface area contributed by atoms with E-state index in [-0.39, 0.29) is 0 Å². The van der Waals surface area contributed by atoms with E-state index in [1.54, 1.807) is 6.20 Å². The summed E-state index contributed by atoms with van der Waals surface area (Å²) in [5, 5.41) is 7.20. The molecule has 2 aromatic rings. The second-order valence-electron chi connectivity index (χ2n) is 5.14. The molecule has 1 heterocycles. The van der Waals surface area contributed by atoms with E-state index in [1.165, 1.54) is 24.0 Å². The van der Waals surface area contributed by atoms with Gasteiger partial charge in [-0.15, -0.1) is 0 Å². The van der Waals surface area contributed by atoms with E-state index in [1.807, 2.05) is 6.07 Å². The molecule has 0 amide bonds. The Morgan fingerprint density at radius 3 is 2.94 bits per heavy atom. The first-order valence-electron chi connectivity index (χ1n) is 6.51. The quantitative estimate of drug-likeness (QED) is 0.895. The fourth-order valence-corrected chi connectivity index (χ4v) is 2.56. The maximum absolute atomic E-state index is 5.07. The van der Waals surface area contributed by atoms with Gasteiger partial charge in [0.1, 0.15) is 5.76 Å². The number of aromatic nitrogens is 1. The highest BCUT2D eigenvalue weighted by atomic mass is 16.5. The first-order chi connectivity index (χ1) is 8.81. The van der Waals surface area contributed by atoms with Crippen LogP contribution in [0.5, 0.6) is 0 Å². The Morgan fingerprint density at radius 1 is 1.33 bits per heavy atom. The van der Waals surface area contributed by atoms with Crippen molar-refractivity contribution in [3.8, 4) is 0 Å². The van der Waals surface area contributed by atoms with Gasteiger partial charge in [-0.1, -0.05) is 35.0 Å². The van der Waals surface area contributed by atoms with E-state index in [0.29, 0.717) is 6.04 Å². The predicted molar refractivity (Wildman–Crippen MR) is 70.3 cm³/mol. The lowest BCUT2D eigenvalue weighted by Crippen LogP contribution is -2.39. The Morgan fingerprint density at radius 2 is 2.22 bits per heavy atom. The molecule has 0 bridgehead atoms. The van der Waals surface area contributed by atoms with Crippen LogP contribution in [0.15, 0.2) is 41.1 Å². The number of hydrogen-bond acceptors (Lipinski definition) is 3. The zero-order valence-electron chi connectivity index (χ0n) is 10.6. The molecule has 3 rings (SSSR count). The Balaban J connectivity index is 1.48. The van der Waals surface area contributed by atoms with Gasteiger partial charge in [0.05, 0.1) is 12.7 Å². The molecule has 0 aliphatic heterocycles. The maximum Gasteiger partial charge on any atom is 0.150 e. The molecule has 0 spiro atoms. The number of nitrogens with zero attached hydrogens (tertiary/aromatic N) is 1. The summed E-state index contributed by atoms with van der Waals surface area (Å²) in [4.78, 5) is 0. The number of hydrogen-bond donors (Lipinski definition) is 1. The highest BCUT2D eigenvalue weighted by Gasteiger charge is 2.29. The molecule has 1 aliphatic carbocycles. The molecule has 1 aromatic carbocycles. The van der Waals surface area contributed by atoms with Gasteiger partial charge in [-0.25, -0.2) is 0 Å². The lowest BCUT2D eigenvalue weighted by molar-refractivity contribution is 0.274. The highest BCUT2D eigenvalue weighted by molar-refractivity contribution is 5.27. The number of nitrogens with one attached hydrogen (secondary N) is 1. The lowest BCUT2D eigenvalue weighted by atomic mass is 9.75. The summed E-state index contributed by atoms with van der Waals surface area (Å²) in [6.07, 6.45) is 4.13. The Bertz CT molecular complexity index is 501. The third-order valence-electron chi connectivity index (χ3n) is 3.71. The minimum Gasteiger partial charge on any atom is -0.360 e. The minimum atomic E-state index is 0.612. The van der Waals surface area contributed by atoms with Crippen molar-refractivity contribution in [2.45, 2.75) is 38.3 Å². The van der Waals surface area contributed by atoms with Crippen LogP contribution in [0, 0.1) is 6.92 Å². The van der Waals surface area contributed by atoms with Crippen LogP contribution in [0.25, 0.3) is 0 Å². The van der Waals surface area contributed by atoms with Gasteiger partial charge in [-0.05, 0) is 31.2 Å². The van der Waals surface area contributed by atoms with Crippen molar-refractivity contribution in [1.29, 1.82) is 0 Å². The van der Waals surface area contributed by atoms with Gasteiger partial charge >= 0.3 is 0 Å². The van der Waals surface area contributed by atoms with Crippen molar-refractivity contribution in [1.82, 2.24) is 10.5 Å². The van der Waals surface area contributed by atoms with Crippen LogP contribution in [-0.2, 0) is 6.54 Å². The van der Waals surface area contributed by atoms with Crippen LogP contribution in [-0.4, -0.2) is 11.2 Å². The largest absolute Gasteiger partial charge is 0.360 e. The first kappa shape index (κ1) is 11.5. The van der Waals surface area contributed by atoms with Crippen molar-refractivity contribution in [2.75, 3.05) is 0 Å². The molecule has 18 heavy (non-hydrogen) atoms. The monoisotopic (exact) mass is 242 g/mol. The molecule has 1 saturated carbocycles. The van der Waals surface area contributed by atoms with Crippen LogP contribution >= 0.6 is 0 Å². The molecule has 3 heteroatoms. The van der Waals surface area contributed by atoms with Gasteiger partial charge in [-0.3, -0.25) is 0 Å². The van der Waals surface area contributed by atoms with Crippen LogP contribution in [0.3, 0.4) is 0 Å². The van der Waals surface area contributed by atoms with E-state index in [2.05, 4.69) is 41.7 Å². The maximum atomic E-state index is 5.07. The molecular formula is C15H18N2O. The summed E-state index contributed by atoms with van der Waals surface area (Å²) >= 11 is 0. The minimum absolute atomic E-state index is 0.612. The topological polar surface area (TPSA) is 38.1 Å². The second-order valence-corrected chi connectivity index (χ2v) is 5.14. The van der Waals surface area contributed by atoms with E-state index in [9.17, 15) is 0 Å². The number of aryl methyl sites for hydroxylation is 1. The summed E-state index contributed by atoms with van der Waals surface area (Å²) in [5.41, 5.74) is 2.83. The number of rotatable bonds is 4. The SMILES string of the molecule is Cc1cccc(C2CC(NCc3ccno3)C2)c1. The first-order valence-corrected chi connectivity index (χ1v) is 6.51. The third-order valence-corrected chi connectivity index (χ3v) is 3.71. The van der Waals surface area contributed by atoms with Gasteiger partial charge in [0, 0.05) is 12.1 Å². The molecule has 94 valence electrons. The summed E-state index contributed by atoms with van der Waals surface area (Å²) in [6.45, 7) is 2.94. The van der Waals surface area contributed by atoms with Crippen LogP contribution in [0.1, 0.15) is 35.6 Å². The molecule has 0 saturated heterocycles. The van der Waals surface area contributed by atoms with Crippen molar-refractivity contribution < 1.29 is 4.52 Å². The van der Waals surface area contributed by atoms with Gasteiger partial charge < -0.3 is 9.84 Å². The molecule has 0 unspecified atom stereocenters. The van der Waals surface area contributed by atoms with Gasteiger partial charge in [0.2, 0.25) is 0 Å². The molecular weight excluding hydrogens is 224 g/mol. The molecule has 1 fully saturated rings. The van der Waals surface area contributed by atoms with Gasteiger partial charge in [0.25, 0.3) is 0 Å². The molecule has 1 aliphatic rings. The predicted octanol–water partition coefficient (Wildman–Crippen LogP) is 3.02. The zero-order chi connectivity index (χ0) is 12.4. The van der Waals surface area contributed by atoms with Crippen LogP contribution in [0.4, 0.5) is 0 Å². The molecule has 1 N–H and O–H groups in total. The third kappa shape index (κ3) is 2.46. The van der Waals surface area contributed by atoms with Crippen molar-refractivity contribution in [3.63, 3.8) is 0 Å². The highest BCUT2D eigenvalue weighted by Crippen LogP contribution is 2.37. The summed E-state index contributed by atoms with van der Waals surface area (Å²) in [6, 6.07) is 11.4. The molecule has 3 nitrogen and oxygen atoms in total. The van der Waals surface area contributed by atoms with E-state index < -0.39 is 0 Å². The van der Waals surface area contributed by atoms with Gasteiger partial charge in [-0.2, -0.15) is 0 Å². The summed E-state index contributed by atoms with van der Waals surface area (Å²) < 4.78 is 5.07. The molecule has 0 radical (unpaired) electrons. The summed E-state index contributed by atoms with van der Waals surface area (Å²) in [5.74, 6) is 1.63.